The highest BCUT2D eigenvalue weighted by Crippen LogP contribution is 2.11. The number of carboxylic acid groups (broad SMARTS) is 1. The van der Waals surface area contributed by atoms with Crippen LogP contribution < -0.4 is 10.2 Å². The highest BCUT2D eigenvalue weighted by Gasteiger charge is 2.17. The lowest BCUT2D eigenvalue weighted by Gasteiger charge is -2.09. The van der Waals surface area contributed by atoms with Gasteiger partial charge in [-0.05, 0) is 18.1 Å². The van der Waals surface area contributed by atoms with Gasteiger partial charge in [0, 0.05) is 11.9 Å². The number of rotatable bonds is 5. The summed E-state index contributed by atoms with van der Waals surface area (Å²) >= 11 is 0. The normalized spacial score (nSPS) is 9.94. The molecule has 6 heteroatoms. The van der Waals surface area contributed by atoms with Crippen molar-refractivity contribution in [3.05, 3.63) is 23.8 Å². The number of ether oxygens (including phenoxy) is 1. The first-order valence-corrected chi connectivity index (χ1v) is 4.79. The minimum absolute atomic E-state index is 0.00723. The lowest BCUT2D eigenvalue weighted by atomic mass is 9.78. The van der Waals surface area contributed by atoms with Crippen molar-refractivity contribution in [1.29, 1.82) is 0 Å². The minimum atomic E-state index is -1.63. The van der Waals surface area contributed by atoms with Gasteiger partial charge in [0.2, 0.25) is 0 Å². The molecule has 0 bridgehead atoms. The first-order chi connectivity index (χ1) is 7.54. The van der Waals surface area contributed by atoms with E-state index in [4.69, 9.17) is 19.9 Å². The predicted molar refractivity (Wildman–Crippen MR) is 58.8 cm³/mol. The van der Waals surface area contributed by atoms with Crippen LogP contribution in [0, 0.1) is 0 Å². The van der Waals surface area contributed by atoms with E-state index in [-0.39, 0.29) is 11.9 Å². The van der Waals surface area contributed by atoms with Gasteiger partial charge in [0.15, 0.2) is 0 Å². The molecule has 86 valence electrons. The van der Waals surface area contributed by atoms with E-state index in [1.165, 1.54) is 13.2 Å². The molecule has 1 aromatic carbocycles. The molecule has 5 nitrogen and oxygen atoms in total. The second-order valence-electron chi connectivity index (χ2n) is 3.34. The van der Waals surface area contributed by atoms with Crippen LogP contribution in [0.1, 0.15) is 12.0 Å². The third kappa shape index (κ3) is 3.25. The molecule has 0 saturated heterocycles. The molecular formula is C10H13BO5. The van der Waals surface area contributed by atoms with E-state index in [0.29, 0.717) is 12.2 Å². The second-order valence-corrected chi connectivity index (χ2v) is 3.34. The number of aryl methyl sites for hydroxylation is 1. The van der Waals surface area contributed by atoms with E-state index in [2.05, 4.69) is 0 Å². The molecule has 0 aromatic heterocycles. The molecule has 0 aliphatic carbocycles. The Labute approximate surface area is 93.4 Å². The molecular weight excluding hydrogens is 211 g/mol. The van der Waals surface area contributed by atoms with Gasteiger partial charge >= 0.3 is 13.1 Å². The number of carboxylic acids is 1. The van der Waals surface area contributed by atoms with Crippen molar-refractivity contribution >= 4 is 18.6 Å². The lowest BCUT2D eigenvalue weighted by molar-refractivity contribution is -0.136. The lowest BCUT2D eigenvalue weighted by Crippen LogP contribution is -2.31. The van der Waals surface area contributed by atoms with Crippen molar-refractivity contribution in [2.75, 3.05) is 7.11 Å². The highest BCUT2D eigenvalue weighted by molar-refractivity contribution is 6.59. The molecule has 0 amide bonds. The monoisotopic (exact) mass is 224 g/mol. The molecule has 16 heavy (non-hydrogen) atoms. The number of benzene rings is 1. The molecule has 0 saturated carbocycles. The van der Waals surface area contributed by atoms with E-state index in [1.54, 1.807) is 12.1 Å². The summed E-state index contributed by atoms with van der Waals surface area (Å²) in [6, 6.07) is 4.83. The van der Waals surface area contributed by atoms with Gasteiger partial charge in [-0.1, -0.05) is 12.1 Å². The maximum atomic E-state index is 10.4. The fraction of sp³-hybridized carbons (Fsp3) is 0.300. The molecule has 0 aliphatic rings. The SMILES string of the molecule is COc1ccc(CCC(=O)O)cc1B(O)O. The maximum absolute atomic E-state index is 10.4. The quantitative estimate of drug-likeness (QED) is 0.581. The molecule has 1 rings (SSSR count). The van der Waals surface area contributed by atoms with Gasteiger partial charge in [-0.15, -0.1) is 0 Å². The molecule has 0 spiro atoms. The minimum Gasteiger partial charge on any atom is -0.497 e. The van der Waals surface area contributed by atoms with E-state index in [1.807, 2.05) is 0 Å². The number of aliphatic carboxylic acids is 1. The fourth-order valence-corrected chi connectivity index (χ4v) is 1.39. The van der Waals surface area contributed by atoms with E-state index in [9.17, 15) is 4.79 Å². The molecule has 3 N–H and O–H groups in total. The first-order valence-electron chi connectivity index (χ1n) is 4.79. The third-order valence-electron chi connectivity index (χ3n) is 2.20. The Balaban J connectivity index is 2.89. The van der Waals surface area contributed by atoms with Crippen molar-refractivity contribution in [3.8, 4) is 5.75 Å². The Morgan fingerprint density at radius 3 is 2.62 bits per heavy atom. The van der Waals surface area contributed by atoms with Gasteiger partial charge < -0.3 is 19.9 Å². The third-order valence-corrected chi connectivity index (χ3v) is 2.20. The van der Waals surface area contributed by atoms with Crippen LogP contribution in [0.25, 0.3) is 0 Å². The van der Waals surface area contributed by atoms with Crippen LogP contribution in [-0.4, -0.2) is 35.4 Å². The fourth-order valence-electron chi connectivity index (χ4n) is 1.39. The zero-order valence-electron chi connectivity index (χ0n) is 8.88. The number of carbonyl (C=O) groups is 1. The van der Waals surface area contributed by atoms with Crippen molar-refractivity contribution < 1.29 is 24.7 Å². The van der Waals surface area contributed by atoms with Crippen LogP contribution in [0.2, 0.25) is 0 Å². The first kappa shape index (κ1) is 12.5. The van der Waals surface area contributed by atoms with Crippen molar-refractivity contribution in [2.24, 2.45) is 0 Å². The molecule has 0 radical (unpaired) electrons. The maximum Gasteiger partial charge on any atom is 0.492 e. The smallest absolute Gasteiger partial charge is 0.492 e. The van der Waals surface area contributed by atoms with Crippen LogP contribution in [0.4, 0.5) is 0 Å². The average Bonchev–Trinajstić information content (AvgIpc) is 2.25. The number of methoxy groups -OCH3 is 1. The zero-order chi connectivity index (χ0) is 12.1. The summed E-state index contributed by atoms with van der Waals surface area (Å²) in [5.41, 5.74) is 0.969. The van der Waals surface area contributed by atoms with Gasteiger partial charge in [0.05, 0.1) is 7.11 Å². The van der Waals surface area contributed by atoms with E-state index in [0.717, 1.165) is 5.56 Å². The number of hydrogen-bond donors (Lipinski definition) is 3. The second kappa shape index (κ2) is 5.53. The van der Waals surface area contributed by atoms with Gasteiger partial charge in [-0.2, -0.15) is 0 Å². The van der Waals surface area contributed by atoms with E-state index < -0.39 is 13.1 Å². The average molecular weight is 224 g/mol. The standard InChI is InChI=1S/C10H13BO5/c1-16-9-4-2-7(3-5-10(12)13)6-8(9)11(14)15/h2,4,6,14-15H,3,5H2,1H3,(H,12,13). The molecule has 0 heterocycles. The van der Waals surface area contributed by atoms with Crippen LogP contribution in [0.3, 0.4) is 0 Å². The molecule has 0 fully saturated rings. The van der Waals surface area contributed by atoms with Crippen LogP contribution in [0.5, 0.6) is 5.75 Å². The summed E-state index contributed by atoms with van der Waals surface area (Å²) in [6.07, 6.45) is 0.354. The summed E-state index contributed by atoms with van der Waals surface area (Å²) in [6.45, 7) is 0. The topological polar surface area (TPSA) is 87.0 Å². The Morgan fingerprint density at radius 2 is 2.12 bits per heavy atom. The Kier molecular flexibility index (Phi) is 4.33. The van der Waals surface area contributed by atoms with Crippen molar-refractivity contribution in [3.63, 3.8) is 0 Å². The Hall–Kier alpha value is -1.53. The van der Waals surface area contributed by atoms with Gasteiger partial charge in [-0.25, -0.2) is 0 Å². The summed E-state index contributed by atoms with van der Waals surface area (Å²) in [7, 11) is -0.197. The molecule has 0 unspecified atom stereocenters. The van der Waals surface area contributed by atoms with E-state index >= 15 is 0 Å². The van der Waals surface area contributed by atoms with Crippen LogP contribution >= 0.6 is 0 Å². The highest BCUT2D eigenvalue weighted by atomic mass is 16.5. The van der Waals surface area contributed by atoms with Gasteiger partial charge in [-0.3, -0.25) is 4.79 Å². The molecule has 0 atom stereocenters. The summed E-state index contributed by atoms with van der Waals surface area (Å²) in [4.78, 5) is 10.4. The summed E-state index contributed by atoms with van der Waals surface area (Å²) in [5, 5.41) is 26.7. The predicted octanol–water partition coefficient (Wildman–Crippen LogP) is -0.608. The Bertz CT molecular complexity index is 377. The Morgan fingerprint density at radius 1 is 1.44 bits per heavy atom. The summed E-state index contributed by atoms with van der Waals surface area (Å²) in [5.74, 6) is -0.518. The van der Waals surface area contributed by atoms with Crippen LogP contribution in [0.15, 0.2) is 18.2 Å². The van der Waals surface area contributed by atoms with Crippen molar-refractivity contribution in [2.45, 2.75) is 12.8 Å². The number of hydrogen-bond acceptors (Lipinski definition) is 4. The molecule has 0 aliphatic heterocycles. The molecule has 1 aromatic rings. The zero-order valence-corrected chi connectivity index (χ0v) is 8.88. The van der Waals surface area contributed by atoms with Crippen LogP contribution in [-0.2, 0) is 11.2 Å². The van der Waals surface area contributed by atoms with Gasteiger partial charge in [0.25, 0.3) is 0 Å². The van der Waals surface area contributed by atoms with Gasteiger partial charge in [0.1, 0.15) is 5.75 Å². The largest absolute Gasteiger partial charge is 0.497 e. The van der Waals surface area contributed by atoms with Crippen molar-refractivity contribution in [1.82, 2.24) is 0 Å². The summed E-state index contributed by atoms with van der Waals surface area (Å²) < 4.78 is 4.95.